The largest absolute Gasteiger partial charge is 0.461 e. The Balaban J connectivity index is 1.84. The predicted octanol–water partition coefficient (Wildman–Crippen LogP) is 2.69. The van der Waals surface area contributed by atoms with Gasteiger partial charge in [0, 0.05) is 3.92 Å². The maximum atomic E-state index is 12.0. The molecule has 0 unspecified atom stereocenters. The van der Waals surface area contributed by atoms with Gasteiger partial charge in [-0.1, -0.05) is 35.4 Å². The Morgan fingerprint density at radius 3 is 2.60 bits per heavy atom. The highest BCUT2D eigenvalue weighted by atomic mass is 127. The average molecular weight is 318 g/mol. The molecule has 0 amide bonds. The summed E-state index contributed by atoms with van der Waals surface area (Å²) >= 11 is 2.50. The molecule has 3 aliphatic carbocycles. The van der Waals surface area contributed by atoms with E-state index in [1.165, 1.54) is 38.5 Å². The lowest BCUT2D eigenvalue weighted by Gasteiger charge is -2.40. The normalized spacial score (nSPS) is 60.6. The van der Waals surface area contributed by atoms with Crippen molar-refractivity contribution in [3.05, 3.63) is 0 Å². The van der Waals surface area contributed by atoms with Crippen LogP contribution in [-0.4, -0.2) is 16.0 Å². The van der Waals surface area contributed by atoms with Crippen LogP contribution >= 0.6 is 22.6 Å². The summed E-state index contributed by atoms with van der Waals surface area (Å²) in [6, 6.07) is 0. The molecule has 1 aliphatic heterocycles. The fourth-order valence-corrected chi connectivity index (χ4v) is 6.19. The molecule has 0 N–H and O–H groups in total. The quantitative estimate of drug-likeness (QED) is 0.390. The van der Waals surface area contributed by atoms with E-state index in [0.29, 0.717) is 20.7 Å². The summed E-state index contributed by atoms with van der Waals surface area (Å²) in [6.45, 7) is 0. The van der Waals surface area contributed by atoms with Gasteiger partial charge in [-0.25, -0.2) is 0 Å². The van der Waals surface area contributed by atoms with Crippen LogP contribution in [0.4, 0.5) is 0 Å². The molecule has 15 heavy (non-hydrogen) atoms. The van der Waals surface area contributed by atoms with E-state index in [-0.39, 0.29) is 12.1 Å². The number of fused-ring (bicyclic) bond motifs is 1. The van der Waals surface area contributed by atoms with Crippen LogP contribution in [0.15, 0.2) is 0 Å². The molecule has 0 aromatic rings. The van der Waals surface area contributed by atoms with Crippen molar-refractivity contribution in [1.29, 1.82) is 0 Å². The topological polar surface area (TPSA) is 26.3 Å². The first-order valence-corrected chi connectivity index (χ1v) is 7.29. The molecule has 4 fully saturated rings. The Kier molecular flexibility index (Phi) is 1.57. The molecule has 2 bridgehead atoms. The van der Waals surface area contributed by atoms with Crippen LogP contribution in [0.5, 0.6) is 0 Å². The highest BCUT2D eigenvalue weighted by molar-refractivity contribution is 14.1. The SMILES string of the molecule is O=C1O[C@H]2C[C@@]34CCCC[C@]3(C[C@H]2I)[C@@H]14. The Bertz CT molecular complexity index is 356. The summed E-state index contributed by atoms with van der Waals surface area (Å²) in [6.07, 6.45) is 7.92. The number of ether oxygens (including phenoxy) is 1. The van der Waals surface area contributed by atoms with Crippen molar-refractivity contribution in [1.82, 2.24) is 0 Å². The minimum Gasteiger partial charge on any atom is -0.461 e. The first kappa shape index (κ1) is 9.25. The van der Waals surface area contributed by atoms with Gasteiger partial charge in [0.1, 0.15) is 6.10 Å². The van der Waals surface area contributed by atoms with Crippen molar-refractivity contribution < 1.29 is 9.53 Å². The summed E-state index contributed by atoms with van der Waals surface area (Å²) < 4.78 is 6.15. The van der Waals surface area contributed by atoms with Crippen molar-refractivity contribution in [2.45, 2.75) is 48.6 Å². The second-order valence-corrected chi connectivity index (χ2v) is 7.45. The Morgan fingerprint density at radius 2 is 1.87 bits per heavy atom. The Hall–Kier alpha value is 0.200. The van der Waals surface area contributed by atoms with Crippen molar-refractivity contribution in [3.63, 3.8) is 0 Å². The van der Waals surface area contributed by atoms with Crippen LogP contribution in [0.1, 0.15) is 38.5 Å². The fraction of sp³-hybridized carbons (Fsp3) is 0.917. The van der Waals surface area contributed by atoms with Gasteiger partial charge < -0.3 is 4.74 Å². The van der Waals surface area contributed by atoms with Gasteiger partial charge in [0.05, 0.1) is 5.92 Å². The highest BCUT2D eigenvalue weighted by Crippen LogP contribution is 2.83. The van der Waals surface area contributed by atoms with Crippen LogP contribution in [0.2, 0.25) is 0 Å². The van der Waals surface area contributed by atoms with E-state index >= 15 is 0 Å². The summed E-state index contributed by atoms with van der Waals surface area (Å²) in [5.41, 5.74) is 0.800. The Morgan fingerprint density at radius 1 is 1.20 bits per heavy atom. The summed E-state index contributed by atoms with van der Waals surface area (Å²) in [4.78, 5) is 12.0. The van der Waals surface area contributed by atoms with Crippen molar-refractivity contribution in [3.8, 4) is 0 Å². The molecule has 3 saturated carbocycles. The first-order valence-electron chi connectivity index (χ1n) is 6.04. The molecule has 82 valence electrons. The van der Waals surface area contributed by atoms with Crippen molar-refractivity contribution >= 4 is 28.6 Å². The third kappa shape index (κ3) is 0.839. The lowest BCUT2D eigenvalue weighted by atomic mass is 9.70. The zero-order valence-electron chi connectivity index (χ0n) is 8.67. The number of carbonyl (C=O) groups is 1. The smallest absolute Gasteiger partial charge is 0.310 e. The predicted molar refractivity (Wildman–Crippen MR) is 63.7 cm³/mol. The second kappa shape index (κ2) is 2.54. The lowest BCUT2D eigenvalue weighted by molar-refractivity contribution is -0.157. The van der Waals surface area contributed by atoms with Gasteiger partial charge in [0.15, 0.2) is 0 Å². The lowest BCUT2D eigenvalue weighted by Crippen LogP contribution is -2.40. The highest BCUT2D eigenvalue weighted by Gasteiger charge is 2.83. The van der Waals surface area contributed by atoms with E-state index in [1.54, 1.807) is 0 Å². The number of carbonyl (C=O) groups excluding carboxylic acids is 1. The monoisotopic (exact) mass is 318 g/mol. The third-order valence-electron chi connectivity index (χ3n) is 5.54. The summed E-state index contributed by atoms with van der Waals surface area (Å²) in [5, 5.41) is 0. The van der Waals surface area contributed by atoms with E-state index in [2.05, 4.69) is 22.6 Å². The molecule has 1 saturated heterocycles. The van der Waals surface area contributed by atoms with E-state index in [0.717, 1.165) is 0 Å². The molecule has 4 rings (SSSR count). The molecule has 5 atom stereocenters. The molecule has 4 aliphatic rings. The van der Waals surface area contributed by atoms with Crippen LogP contribution in [0.3, 0.4) is 0 Å². The zero-order valence-corrected chi connectivity index (χ0v) is 10.8. The van der Waals surface area contributed by atoms with Crippen molar-refractivity contribution in [2.75, 3.05) is 0 Å². The number of hydrogen-bond donors (Lipinski definition) is 0. The summed E-state index contributed by atoms with van der Waals surface area (Å²) in [5.74, 6) is 0.441. The molecule has 1 heterocycles. The number of hydrogen-bond acceptors (Lipinski definition) is 2. The summed E-state index contributed by atoms with van der Waals surface area (Å²) in [7, 11) is 0. The fourth-order valence-electron chi connectivity index (χ4n) is 5.00. The number of alkyl halides is 1. The van der Waals surface area contributed by atoms with Crippen molar-refractivity contribution in [2.24, 2.45) is 16.7 Å². The number of halogens is 1. The number of esters is 1. The molecule has 2 nitrogen and oxygen atoms in total. The molecule has 0 aromatic heterocycles. The van der Waals surface area contributed by atoms with Crippen LogP contribution in [0, 0.1) is 16.7 Å². The van der Waals surface area contributed by atoms with Crippen LogP contribution < -0.4 is 0 Å². The van der Waals surface area contributed by atoms with Crippen LogP contribution in [0.25, 0.3) is 0 Å². The van der Waals surface area contributed by atoms with E-state index in [9.17, 15) is 4.79 Å². The molecular formula is C12H15IO2. The van der Waals surface area contributed by atoms with Gasteiger partial charge >= 0.3 is 5.97 Å². The molecule has 0 aromatic carbocycles. The maximum absolute atomic E-state index is 12.0. The minimum absolute atomic E-state index is 0.146. The third-order valence-corrected chi connectivity index (χ3v) is 6.78. The van der Waals surface area contributed by atoms with E-state index in [1.807, 2.05) is 0 Å². The van der Waals surface area contributed by atoms with E-state index < -0.39 is 0 Å². The average Bonchev–Trinajstić information content (AvgIpc) is 2.83. The maximum Gasteiger partial charge on any atom is 0.310 e. The molecule has 3 heteroatoms. The Labute approximate surface area is 103 Å². The van der Waals surface area contributed by atoms with Crippen LogP contribution in [-0.2, 0) is 9.53 Å². The molecule has 1 spiro atoms. The molecule has 0 radical (unpaired) electrons. The van der Waals surface area contributed by atoms with Gasteiger partial charge in [-0.05, 0) is 36.5 Å². The van der Waals surface area contributed by atoms with Gasteiger partial charge in [0.25, 0.3) is 0 Å². The van der Waals surface area contributed by atoms with Gasteiger partial charge in [-0.2, -0.15) is 0 Å². The van der Waals surface area contributed by atoms with Gasteiger partial charge in [0.2, 0.25) is 0 Å². The number of rotatable bonds is 0. The second-order valence-electron chi connectivity index (χ2n) is 5.85. The van der Waals surface area contributed by atoms with Gasteiger partial charge in [-0.3, -0.25) is 4.79 Å². The molecular weight excluding hydrogens is 303 g/mol. The zero-order chi connectivity index (χ0) is 10.3. The standard InChI is InChI=1S/C12H15IO2/c13-7-5-11-3-1-2-4-12(11)6-8(7)15-10(14)9(11)12/h7-9H,1-6H2/t7-,8+,9-,11+,12-/m1/s1. The first-order chi connectivity index (χ1) is 7.20. The van der Waals surface area contributed by atoms with Gasteiger partial charge in [-0.15, -0.1) is 0 Å². The minimum atomic E-state index is 0.146. The van der Waals surface area contributed by atoms with E-state index in [4.69, 9.17) is 4.74 Å².